The SMILES string of the molecule is Cc1cc(Br)c2nc(N3Cc4ccccc4C3)n(C3CCOCC3)c(=O)c2c1. The van der Waals surface area contributed by atoms with Crippen LogP contribution in [0.3, 0.4) is 0 Å². The van der Waals surface area contributed by atoms with Crippen LogP contribution in [-0.4, -0.2) is 22.8 Å². The summed E-state index contributed by atoms with van der Waals surface area (Å²) < 4.78 is 8.35. The lowest BCUT2D eigenvalue weighted by Crippen LogP contribution is -2.35. The monoisotopic (exact) mass is 439 g/mol. The third kappa shape index (κ3) is 2.95. The largest absolute Gasteiger partial charge is 0.381 e. The van der Waals surface area contributed by atoms with Crippen molar-refractivity contribution in [1.29, 1.82) is 0 Å². The van der Waals surface area contributed by atoms with Crippen molar-refractivity contribution in [3.05, 3.63) is 67.9 Å². The Kier molecular flexibility index (Phi) is 4.48. The van der Waals surface area contributed by atoms with E-state index in [1.807, 2.05) is 23.6 Å². The quantitative estimate of drug-likeness (QED) is 0.595. The molecule has 0 bridgehead atoms. The Hall–Kier alpha value is -2.18. The van der Waals surface area contributed by atoms with Crippen molar-refractivity contribution < 1.29 is 4.74 Å². The molecule has 1 fully saturated rings. The normalized spacial score (nSPS) is 17.3. The van der Waals surface area contributed by atoms with Gasteiger partial charge in [0.25, 0.3) is 5.56 Å². The van der Waals surface area contributed by atoms with Crippen LogP contribution < -0.4 is 10.5 Å². The summed E-state index contributed by atoms with van der Waals surface area (Å²) >= 11 is 3.62. The number of rotatable bonds is 2. The van der Waals surface area contributed by atoms with Gasteiger partial charge in [-0.3, -0.25) is 9.36 Å². The molecule has 0 N–H and O–H groups in total. The lowest BCUT2D eigenvalue weighted by molar-refractivity contribution is 0.0688. The van der Waals surface area contributed by atoms with Gasteiger partial charge in [-0.1, -0.05) is 24.3 Å². The molecule has 0 saturated carbocycles. The zero-order valence-electron chi connectivity index (χ0n) is 15.8. The molecule has 1 saturated heterocycles. The van der Waals surface area contributed by atoms with Gasteiger partial charge >= 0.3 is 0 Å². The molecule has 0 atom stereocenters. The second kappa shape index (κ2) is 7.01. The molecular weight excluding hydrogens is 418 g/mol. The molecule has 5 nitrogen and oxygen atoms in total. The fourth-order valence-corrected chi connectivity index (χ4v) is 5.02. The predicted octanol–water partition coefficient (Wildman–Crippen LogP) is 4.34. The summed E-state index contributed by atoms with van der Waals surface area (Å²) in [6.07, 6.45) is 1.68. The van der Waals surface area contributed by atoms with Crippen molar-refractivity contribution in [2.75, 3.05) is 18.1 Å². The number of aromatic nitrogens is 2. The molecule has 28 heavy (non-hydrogen) atoms. The standard InChI is InChI=1S/C22H22BrN3O2/c1-14-10-18-20(19(23)11-14)24-22(25-12-15-4-2-3-5-16(15)13-25)26(21(18)27)17-6-8-28-9-7-17/h2-5,10-11,17H,6-9,12-13H2,1H3. The minimum atomic E-state index is 0.0484. The zero-order chi connectivity index (χ0) is 19.3. The number of fused-ring (bicyclic) bond motifs is 2. The molecule has 0 unspecified atom stereocenters. The number of hydrogen-bond donors (Lipinski definition) is 0. The summed E-state index contributed by atoms with van der Waals surface area (Å²) in [5.41, 5.74) is 4.45. The van der Waals surface area contributed by atoms with Gasteiger partial charge in [0.1, 0.15) is 0 Å². The fourth-order valence-electron chi connectivity index (χ4n) is 4.36. The summed E-state index contributed by atoms with van der Waals surface area (Å²) in [5, 5.41) is 0.679. The lowest BCUT2D eigenvalue weighted by Gasteiger charge is -2.30. The summed E-state index contributed by atoms with van der Waals surface area (Å²) in [5.74, 6) is 0.769. The Bertz CT molecular complexity index is 1090. The molecule has 2 aliphatic heterocycles. The van der Waals surface area contributed by atoms with E-state index in [-0.39, 0.29) is 11.6 Å². The molecule has 0 aliphatic carbocycles. The van der Waals surface area contributed by atoms with Gasteiger partial charge in [0.2, 0.25) is 5.95 Å². The Morgan fingerprint density at radius 1 is 1.11 bits per heavy atom. The molecule has 2 aromatic carbocycles. The first-order valence-corrected chi connectivity index (χ1v) is 10.5. The molecule has 0 amide bonds. The average molecular weight is 440 g/mol. The maximum atomic E-state index is 13.6. The Morgan fingerprint density at radius 3 is 2.46 bits per heavy atom. The molecule has 5 rings (SSSR count). The van der Waals surface area contributed by atoms with E-state index in [1.54, 1.807) is 0 Å². The molecular formula is C22H22BrN3O2. The van der Waals surface area contributed by atoms with Gasteiger partial charge in [0.05, 0.1) is 10.9 Å². The van der Waals surface area contributed by atoms with Crippen molar-refractivity contribution in [1.82, 2.24) is 9.55 Å². The molecule has 3 aromatic rings. The van der Waals surface area contributed by atoms with Crippen LogP contribution in [0.15, 0.2) is 45.7 Å². The number of halogens is 1. The highest BCUT2D eigenvalue weighted by molar-refractivity contribution is 9.10. The van der Waals surface area contributed by atoms with Crippen LogP contribution >= 0.6 is 15.9 Å². The van der Waals surface area contributed by atoms with Crippen molar-refractivity contribution in [3.63, 3.8) is 0 Å². The van der Waals surface area contributed by atoms with E-state index in [1.165, 1.54) is 11.1 Å². The van der Waals surface area contributed by atoms with Gasteiger partial charge in [0.15, 0.2) is 0 Å². The zero-order valence-corrected chi connectivity index (χ0v) is 17.4. The van der Waals surface area contributed by atoms with Crippen LogP contribution in [0.4, 0.5) is 5.95 Å². The topological polar surface area (TPSA) is 47.4 Å². The van der Waals surface area contributed by atoms with E-state index >= 15 is 0 Å². The van der Waals surface area contributed by atoms with E-state index in [2.05, 4.69) is 45.1 Å². The first-order valence-electron chi connectivity index (χ1n) is 9.73. The minimum Gasteiger partial charge on any atom is -0.381 e. The van der Waals surface area contributed by atoms with Crippen LogP contribution in [0.1, 0.15) is 35.6 Å². The van der Waals surface area contributed by atoms with Crippen LogP contribution in [0, 0.1) is 6.92 Å². The van der Waals surface area contributed by atoms with Crippen molar-refractivity contribution in [3.8, 4) is 0 Å². The first kappa shape index (κ1) is 17.9. The van der Waals surface area contributed by atoms with Crippen LogP contribution in [0.5, 0.6) is 0 Å². The average Bonchev–Trinajstić information content (AvgIpc) is 3.13. The Morgan fingerprint density at radius 2 is 1.79 bits per heavy atom. The molecule has 1 aromatic heterocycles. The van der Waals surface area contributed by atoms with Crippen LogP contribution in [-0.2, 0) is 17.8 Å². The van der Waals surface area contributed by atoms with Gasteiger partial charge in [-0.15, -0.1) is 0 Å². The van der Waals surface area contributed by atoms with Gasteiger partial charge in [-0.2, -0.15) is 0 Å². The van der Waals surface area contributed by atoms with Crippen molar-refractivity contribution >= 4 is 32.8 Å². The summed E-state index contributed by atoms with van der Waals surface area (Å²) in [6.45, 7) is 4.94. The first-order chi connectivity index (χ1) is 13.6. The van der Waals surface area contributed by atoms with Crippen molar-refractivity contribution in [2.45, 2.75) is 38.9 Å². The third-order valence-corrected chi connectivity index (χ3v) is 6.37. The van der Waals surface area contributed by atoms with Crippen molar-refractivity contribution in [2.24, 2.45) is 0 Å². The summed E-state index contributed by atoms with van der Waals surface area (Å²) in [6, 6.07) is 12.6. The maximum Gasteiger partial charge on any atom is 0.263 e. The third-order valence-electron chi connectivity index (χ3n) is 5.76. The number of hydrogen-bond acceptors (Lipinski definition) is 4. The number of ether oxygens (including phenoxy) is 1. The highest BCUT2D eigenvalue weighted by Gasteiger charge is 2.28. The second-order valence-corrected chi connectivity index (χ2v) is 8.55. The van der Waals surface area contributed by atoms with E-state index in [9.17, 15) is 4.79 Å². The fraction of sp³-hybridized carbons (Fsp3) is 0.364. The Labute approximate surface area is 172 Å². The molecule has 0 radical (unpaired) electrons. The van der Waals surface area contributed by atoms with Gasteiger partial charge in [0, 0.05) is 36.8 Å². The van der Waals surface area contributed by atoms with Crippen LogP contribution in [0.25, 0.3) is 10.9 Å². The number of anilines is 1. The van der Waals surface area contributed by atoms with Gasteiger partial charge < -0.3 is 9.64 Å². The van der Waals surface area contributed by atoms with Gasteiger partial charge in [-0.05, 0) is 64.5 Å². The number of aryl methyl sites for hydroxylation is 1. The van der Waals surface area contributed by atoms with E-state index in [4.69, 9.17) is 9.72 Å². The molecule has 0 spiro atoms. The minimum absolute atomic E-state index is 0.0484. The van der Waals surface area contributed by atoms with Crippen LogP contribution in [0.2, 0.25) is 0 Å². The molecule has 3 heterocycles. The lowest BCUT2D eigenvalue weighted by atomic mass is 10.1. The molecule has 2 aliphatic rings. The Balaban J connectivity index is 1.71. The summed E-state index contributed by atoms with van der Waals surface area (Å²) in [4.78, 5) is 20.9. The van der Waals surface area contributed by atoms with E-state index < -0.39 is 0 Å². The molecule has 6 heteroatoms. The predicted molar refractivity (Wildman–Crippen MR) is 114 cm³/mol. The van der Waals surface area contributed by atoms with Gasteiger partial charge in [-0.25, -0.2) is 4.98 Å². The van der Waals surface area contributed by atoms with E-state index in [0.29, 0.717) is 18.6 Å². The number of nitrogens with zero attached hydrogens (tertiary/aromatic N) is 3. The number of benzene rings is 2. The molecule has 144 valence electrons. The smallest absolute Gasteiger partial charge is 0.263 e. The second-order valence-electron chi connectivity index (χ2n) is 7.70. The highest BCUT2D eigenvalue weighted by atomic mass is 79.9. The van der Waals surface area contributed by atoms with E-state index in [0.717, 1.165) is 47.4 Å². The highest BCUT2D eigenvalue weighted by Crippen LogP contribution is 2.33. The summed E-state index contributed by atoms with van der Waals surface area (Å²) in [7, 11) is 0. The maximum absolute atomic E-state index is 13.6.